The molecule has 0 spiro atoms. The zero-order valence-corrected chi connectivity index (χ0v) is 15.0. The van der Waals surface area contributed by atoms with Crippen molar-refractivity contribution < 1.29 is 9.84 Å². The van der Waals surface area contributed by atoms with Gasteiger partial charge in [0.2, 0.25) is 5.88 Å². The number of unbranched alkanes of at least 4 members (excludes halogenated alkanes) is 1. The van der Waals surface area contributed by atoms with Gasteiger partial charge >= 0.3 is 0 Å². The molecule has 1 aromatic heterocycles. The van der Waals surface area contributed by atoms with E-state index in [2.05, 4.69) is 31.1 Å². The van der Waals surface area contributed by atoms with Crippen molar-refractivity contribution >= 4 is 0 Å². The largest absolute Gasteiger partial charge is 0.497 e. The Balaban J connectivity index is 2.11. The second kappa shape index (κ2) is 7.43. The average Bonchev–Trinajstić information content (AvgIpc) is 2.97. The highest BCUT2D eigenvalue weighted by Gasteiger charge is 2.19. The first-order valence-electron chi connectivity index (χ1n) is 8.66. The van der Waals surface area contributed by atoms with Gasteiger partial charge in [0, 0.05) is 0 Å². The fourth-order valence-electron chi connectivity index (χ4n) is 2.97. The van der Waals surface area contributed by atoms with Crippen LogP contribution in [-0.2, 0) is 6.42 Å². The van der Waals surface area contributed by atoms with Gasteiger partial charge in [-0.1, -0.05) is 43.2 Å². The maximum absolute atomic E-state index is 10.5. The van der Waals surface area contributed by atoms with Gasteiger partial charge in [0.05, 0.1) is 24.1 Å². The van der Waals surface area contributed by atoms with Gasteiger partial charge in [-0.25, -0.2) is 4.68 Å². The van der Waals surface area contributed by atoms with Crippen LogP contribution in [0.5, 0.6) is 11.6 Å². The van der Waals surface area contributed by atoms with E-state index < -0.39 is 0 Å². The highest BCUT2D eigenvalue weighted by molar-refractivity contribution is 5.72. The van der Waals surface area contributed by atoms with Crippen molar-refractivity contribution in [3.63, 3.8) is 0 Å². The third-order valence-electron chi connectivity index (χ3n) is 4.39. The summed E-state index contributed by atoms with van der Waals surface area (Å²) in [5.74, 6) is 0.875. The number of nitrogens with zero attached hydrogens (tertiary/aromatic N) is 2. The number of rotatable bonds is 6. The second-order valence-electron chi connectivity index (χ2n) is 6.22. The molecule has 4 heteroatoms. The Hall–Kier alpha value is -2.75. The molecule has 0 aliphatic rings. The molecule has 0 radical (unpaired) electrons. The Morgan fingerprint density at radius 1 is 1.04 bits per heavy atom. The topological polar surface area (TPSA) is 47.3 Å². The quantitative estimate of drug-likeness (QED) is 0.696. The predicted molar refractivity (Wildman–Crippen MR) is 101 cm³/mol. The maximum atomic E-state index is 10.5. The molecule has 1 heterocycles. The van der Waals surface area contributed by atoms with Gasteiger partial charge in [-0.05, 0) is 49.6 Å². The lowest BCUT2D eigenvalue weighted by Gasteiger charge is -2.10. The van der Waals surface area contributed by atoms with Crippen molar-refractivity contribution in [2.24, 2.45) is 0 Å². The smallest absolute Gasteiger partial charge is 0.239 e. The monoisotopic (exact) mass is 336 g/mol. The number of hydrogen-bond acceptors (Lipinski definition) is 3. The summed E-state index contributed by atoms with van der Waals surface area (Å²) in [5.41, 5.74) is 4.97. The van der Waals surface area contributed by atoms with Crippen molar-refractivity contribution in [3.05, 3.63) is 59.8 Å². The number of methoxy groups -OCH3 is 1. The van der Waals surface area contributed by atoms with E-state index in [-0.39, 0.29) is 5.88 Å². The molecule has 0 saturated heterocycles. The SMILES string of the molecule is CCCCc1c(-c2ccc(C)cc2)c(O)nn1-c1ccc(OC)cc1. The van der Waals surface area contributed by atoms with Crippen molar-refractivity contribution in [1.29, 1.82) is 0 Å². The van der Waals surface area contributed by atoms with Crippen LogP contribution in [0.3, 0.4) is 0 Å². The predicted octanol–water partition coefficient (Wildman–Crippen LogP) is 4.90. The lowest BCUT2D eigenvalue weighted by Crippen LogP contribution is -2.03. The first-order valence-corrected chi connectivity index (χ1v) is 8.66. The van der Waals surface area contributed by atoms with Crippen molar-refractivity contribution in [3.8, 4) is 28.4 Å². The van der Waals surface area contributed by atoms with E-state index >= 15 is 0 Å². The van der Waals surface area contributed by atoms with Crippen LogP contribution >= 0.6 is 0 Å². The van der Waals surface area contributed by atoms with Gasteiger partial charge < -0.3 is 9.84 Å². The molecular weight excluding hydrogens is 312 g/mol. The minimum atomic E-state index is 0.0748. The lowest BCUT2D eigenvalue weighted by molar-refractivity contribution is 0.414. The van der Waals surface area contributed by atoms with E-state index in [1.807, 2.05) is 41.1 Å². The van der Waals surface area contributed by atoms with Crippen LogP contribution in [0.4, 0.5) is 0 Å². The molecule has 3 rings (SSSR count). The van der Waals surface area contributed by atoms with Crippen LogP contribution in [-0.4, -0.2) is 22.0 Å². The fraction of sp³-hybridized carbons (Fsp3) is 0.286. The van der Waals surface area contributed by atoms with Crippen LogP contribution in [0.1, 0.15) is 31.0 Å². The molecule has 0 bridgehead atoms. The number of ether oxygens (including phenoxy) is 1. The summed E-state index contributed by atoms with van der Waals surface area (Å²) in [4.78, 5) is 0. The van der Waals surface area contributed by atoms with Gasteiger partial charge in [0.25, 0.3) is 0 Å². The fourth-order valence-corrected chi connectivity index (χ4v) is 2.97. The van der Waals surface area contributed by atoms with E-state index in [0.29, 0.717) is 0 Å². The maximum Gasteiger partial charge on any atom is 0.239 e. The Kier molecular flexibility index (Phi) is 5.08. The Labute approximate surface area is 148 Å². The van der Waals surface area contributed by atoms with Crippen molar-refractivity contribution in [2.75, 3.05) is 7.11 Å². The molecular formula is C21H24N2O2. The number of benzene rings is 2. The van der Waals surface area contributed by atoms with Crippen molar-refractivity contribution in [2.45, 2.75) is 33.1 Å². The zero-order chi connectivity index (χ0) is 17.8. The van der Waals surface area contributed by atoms with Crippen molar-refractivity contribution in [1.82, 2.24) is 9.78 Å². The average molecular weight is 336 g/mol. The van der Waals surface area contributed by atoms with Gasteiger partial charge in [-0.15, -0.1) is 5.10 Å². The molecule has 0 aliphatic heterocycles. The van der Waals surface area contributed by atoms with Gasteiger partial charge in [0.15, 0.2) is 0 Å². The third kappa shape index (κ3) is 3.53. The summed E-state index contributed by atoms with van der Waals surface area (Å²) in [5, 5.41) is 15.0. The molecule has 0 saturated carbocycles. The standard InChI is InChI=1S/C21H24N2O2/c1-4-5-6-19-20(16-9-7-15(2)8-10-16)21(24)22-23(19)17-11-13-18(25-3)14-12-17/h7-14H,4-6H2,1-3H3,(H,22,24). The Morgan fingerprint density at radius 3 is 2.32 bits per heavy atom. The molecule has 1 N–H and O–H groups in total. The van der Waals surface area contributed by atoms with E-state index in [1.54, 1.807) is 7.11 Å². The third-order valence-corrected chi connectivity index (χ3v) is 4.39. The van der Waals surface area contributed by atoms with Gasteiger partial charge in [-0.3, -0.25) is 0 Å². The number of aryl methyl sites for hydroxylation is 1. The first-order chi connectivity index (χ1) is 12.1. The normalized spacial score (nSPS) is 10.8. The number of hydrogen-bond donors (Lipinski definition) is 1. The van der Waals surface area contributed by atoms with E-state index in [9.17, 15) is 5.11 Å². The first kappa shape index (κ1) is 17.1. The summed E-state index contributed by atoms with van der Waals surface area (Å²) < 4.78 is 7.08. The van der Waals surface area contributed by atoms with E-state index in [1.165, 1.54) is 5.56 Å². The number of aromatic nitrogens is 2. The van der Waals surface area contributed by atoms with Gasteiger partial charge in [0.1, 0.15) is 5.75 Å². The summed E-state index contributed by atoms with van der Waals surface area (Å²) in [6.07, 6.45) is 2.99. The highest BCUT2D eigenvalue weighted by atomic mass is 16.5. The van der Waals surface area contributed by atoms with Crippen LogP contribution in [0.2, 0.25) is 0 Å². The Bertz CT molecular complexity index is 834. The summed E-state index contributed by atoms with van der Waals surface area (Å²) in [6, 6.07) is 15.9. The highest BCUT2D eigenvalue weighted by Crippen LogP contribution is 2.35. The van der Waals surface area contributed by atoms with Crippen LogP contribution < -0.4 is 4.74 Å². The zero-order valence-electron chi connectivity index (χ0n) is 15.0. The minimum Gasteiger partial charge on any atom is -0.497 e. The molecule has 130 valence electrons. The molecule has 3 aromatic rings. The second-order valence-corrected chi connectivity index (χ2v) is 6.22. The summed E-state index contributed by atoms with van der Waals surface area (Å²) >= 11 is 0. The van der Waals surface area contributed by atoms with Crippen LogP contribution in [0.25, 0.3) is 16.8 Å². The molecule has 2 aromatic carbocycles. The van der Waals surface area contributed by atoms with E-state index in [4.69, 9.17) is 4.74 Å². The molecule has 0 atom stereocenters. The summed E-state index contributed by atoms with van der Waals surface area (Å²) in [6.45, 7) is 4.22. The molecule has 4 nitrogen and oxygen atoms in total. The summed E-state index contributed by atoms with van der Waals surface area (Å²) in [7, 11) is 1.65. The number of aromatic hydroxyl groups is 1. The molecule has 0 fully saturated rings. The Morgan fingerprint density at radius 2 is 1.72 bits per heavy atom. The van der Waals surface area contributed by atoms with E-state index in [0.717, 1.165) is 47.5 Å². The van der Waals surface area contributed by atoms with Gasteiger partial charge in [-0.2, -0.15) is 0 Å². The molecule has 0 amide bonds. The minimum absolute atomic E-state index is 0.0748. The molecule has 25 heavy (non-hydrogen) atoms. The van der Waals surface area contributed by atoms with Crippen LogP contribution in [0.15, 0.2) is 48.5 Å². The molecule has 0 aliphatic carbocycles. The van der Waals surface area contributed by atoms with Crippen LogP contribution in [0, 0.1) is 6.92 Å². The lowest BCUT2D eigenvalue weighted by atomic mass is 10.0. The molecule has 0 unspecified atom stereocenters.